The number of ether oxygens (including phenoxy) is 2. The molecule has 5 aromatic carbocycles. The molecule has 0 aliphatic rings. The van der Waals surface area contributed by atoms with Crippen molar-refractivity contribution < 1.29 is 9.47 Å². The molecule has 5 aromatic rings. The van der Waals surface area contributed by atoms with Crippen LogP contribution in [0.5, 0.6) is 11.5 Å². The van der Waals surface area contributed by atoms with E-state index in [1.54, 1.807) is 0 Å². The minimum Gasteiger partial charge on any atom is -0.484 e. The van der Waals surface area contributed by atoms with E-state index < -0.39 is 0 Å². The number of hydrogen-bond donors (Lipinski definition) is 0. The second-order valence-corrected chi connectivity index (χ2v) is 7.30. The topological polar surface area (TPSA) is 18.5 Å². The second kappa shape index (κ2) is 8.30. The molecule has 0 atom stereocenters. The Kier molecular flexibility index (Phi) is 5.05. The third-order valence-electron chi connectivity index (χ3n) is 5.29. The highest BCUT2D eigenvalue weighted by molar-refractivity contribution is 6.13. The van der Waals surface area contributed by atoms with E-state index in [1.807, 2.05) is 48.5 Å². The largest absolute Gasteiger partial charge is 0.484 e. The maximum absolute atomic E-state index is 6.41. The van der Waals surface area contributed by atoms with Gasteiger partial charge in [-0.25, -0.2) is 0 Å². The van der Waals surface area contributed by atoms with Crippen molar-refractivity contribution in [3.63, 3.8) is 0 Å². The summed E-state index contributed by atoms with van der Waals surface area (Å²) in [4.78, 5) is 0. The zero-order valence-corrected chi connectivity index (χ0v) is 16.6. The summed E-state index contributed by atoms with van der Waals surface area (Å²) in [5.74, 6) is 1.59. The minimum atomic E-state index is 0.491. The number of fused-ring (bicyclic) bond motifs is 3. The van der Waals surface area contributed by atoms with Crippen molar-refractivity contribution >= 4 is 21.5 Å². The van der Waals surface area contributed by atoms with Gasteiger partial charge >= 0.3 is 0 Å². The zero-order chi connectivity index (χ0) is 20.2. The molecule has 0 radical (unpaired) electrons. The Balaban J connectivity index is 1.63. The Bertz CT molecular complexity index is 1180. The Labute approximate surface area is 176 Å². The van der Waals surface area contributed by atoms with Crippen LogP contribution in [0.4, 0.5) is 0 Å². The monoisotopic (exact) mass is 390 g/mol. The van der Waals surface area contributed by atoms with Crippen molar-refractivity contribution in [2.75, 3.05) is 0 Å². The van der Waals surface area contributed by atoms with Crippen LogP contribution >= 0.6 is 0 Å². The first-order valence-corrected chi connectivity index (χ1v) is 10.2. The molecule has 146 valence electrons. The summed E-state index contributed by atoms with van der Waals surface area (Å²) >= 11 is 0. The van der Waals surface area contributed by atoms with Gasteiger partial charge in [0, 0.05) is 10.8 Å². The fourth-order valence-corrected chi connectivity index (χ4v) is 3.82. The molecule has 0 spiro atoms. The van der Waals surface area contributed by atoms with E-state index in [9.17, 15) is 0 Å². The van der Waals surface area contributed by atoms with Gasteiger partial charge in [0.25, 0.3) is 0 Å². The van der Waals surface area contributed by atoms with Crippen LogP contribution in [-0.2, 0) is 13.2 Å². The fraction of sp³-hybridized carbons (Fsp3) is 0.0714. The standard InChI is InChI=1S/C28H22O2/c1-3-11-21(12-4-1)19-29-27-25-17-9-7-15-23(25)24-16-8-10-18-26(24)28(27)30-20-22-13-5-2-6-14-22/h1-18H,19-20H2. The molecule has 0 aliphatic heterocycles. The highest BCUT2D eigenvalue weighted by Crippen LogP contribution is 2.44. The molecule has 0 fully saturated rings. The van der Waals surface area contributed by atoms with Crippen LogP contribution in [0, 0.1) is 0 Å². The Hall–Kier alpha value is -3.78. The van der Waals surface area contributed by atoms with Crippen LogP contribution in [0.15, 0.2) is 109 Å². The maximum Gasteiger partial charge on any atom is 0.170 e. The van der Waals surface area contributed by atoms with Gasteiger partial charge in [0.15, 0.2) is 11.5 Å². The van der Waals surface area contributed by atoms with E-state index in [0.29, 0.717) is 13.2 Å². The van der Waals surface area contributed by atoms with Crippen molar-refractivity contribution in [3.05, 3.63) is 120 Å². The van der Waals surface area contributed by atoms with E-state index in [1.165, 1.54) is 10.8 Å². The van der Waals surface area contributed by atoms with Gasteiger partial charge in [-0.2, -0.15) is 0 Å². The summed E-state index contributed by atoms with van der Waals surface area (Å²) in [5, 5.41) is 4.47. The number of hydrogen-bond acceptors (Lipinski definition) is 2. The van der Waals surface area contributed by atoms with E-state index in [0.717, 1.165) is 33.4 Å². The first kappa shape index (κ1) is 18.3. The molecule has 30 heavy (non-hydrogen) atoms. The third kappa shape index (κ3) is 3.60. The minimum absolute atomic E-state index is 0.491. The Morgan fingerprint density at radius 1 is 0.367 bits per heavy atom. The van der Waals surface area contributed by atoms with Crippen LogP contribution in [0.1, 0.15) is 11.1 Å². The zero-order valence-electron chi connectivity index (χ0n) is 16.6. The number of rotatable bonds is 6. The van der Waals surface area contributed by atoms with Crippen molar-refractivity contribution in [2.24, 2.45) is 0 Å². The predicted octanol–water partition coefficient (Wildman–Crippen LogP) is 7.15. The predicted molar refractivity (Wildman–Crippen MR) is 123 cm³/mol. The lowest BCUT2D eigenvalue weighted by molar-refractivity contribution is 0.261. The summed E-state index contributed by atoms with van der Waals surface area (Å²) < 4.78 is 12.8. The molecule has 0 unspecified atom stereocenters. The van der Waals surface area contributed by atoms with Gasteiger partial charge in [-0.15, -0.1) is 0 Å². The Morgan fingerprint density at radius 3 is 1.10 bits per heavy atom. The fourth-order valence-electron chi connectivity index (χ4n) is 3.82. The first-order valence-electron chi connectivity index (χ1n) is 10.2. The van der Waals surface area contributed by atoms with E-state index in [-0.39, 0.29) is 0 Å². The molecule has 0 amide bonds. The molecular formula is C28H22O2. The van der Waals surface area contributed by atoms with E-state index >= 15 is 0 Å². The Morgan fingerprint density at radius 2 is 0.700 bits per heavy atom. The van der Waals surface area contributed by atoms with Crippen LogP contribution in [0.3, 0.4) is 0 Å². The van der Waals surface area contributed by atoms with Crippen LogP contribution < -0.4 is 9.47 Å². The van der Waals surface area contributed by atoms with Gasteiger partial charge in [-0.1, -0.05) is 109 Å². The van der Waals surface area contributed by atoms with Crippen LogP contribution in [0.25, 0.3) is 21.5 Å². The lowest BCUT2D eigenvalue weighted by atomic mass is 10.00. The summed E-state index contributed by atoms with van der Waals surface area (Å²) in [5.41, 5.74) is 2.26. The van der Waals surface area contributed by atoms with Gasteiger partial charge in [0.05, 0.1) is 0 Å². The smallest absolute Gasteiger partial charge is 0.170 e. The van der Waals surface area contributed by atoms with Gasteiger partial charge in [-0.05, 0) is 21.9 Å². The molecule has 2 nitrogen and oxygen atoms in total. The molecule has 0 saturated heterocycles. The van der Waals surface area contributed by atoms with Gasteiger partial charge in [0.1, 0.15) is 13.2 Å². The summed E-state index contributed by atoms with van der Waals surface area (Å²) in [6.45, 7) is 0.982. The quantitative estimate of drug-likeness (QED) is 0.287. The molecular weight excluding hydrogens is 368 g/mol. The molecule has 0 aliphatic carbocycles. The molecule has 0 heterocycles. The lowest BCUT2D eigenvalue weighted by Gasteiger charge is -2.18. The summed E-state index contributed by atoms with van der Waals surface area (Å²) in [6.07, 6.45) is 0. The SMILES string of the molecule is c1ccc(COc2c(OCc3ccccc3)c3ccccc3c3ccccc23)cc1. The number of benzene rings is 5. The average molecular weight is 390 g/mol. The average Bonchev–Trinajstić information content (AvgIpc) is 2.83. The molecule has 0 bridgehead atoms. The van der Waals surface area contributed by atoms with Crippen molar-refractivity contribution in [3.8, 4) is 11.5 Å². The molecule has 2 heteroatoms. The van der Waals surface area contributed by atoms with E-state index in [2.05, 4.69) is 60.7 Å². The van der Waals surface area contributed by atoms with Crippen molar-refractivity contribution in [2.45, 2.75) is 13.2 Å². The highest BCUT2D eigenvalue weighted by Gasteiger charge is 2.17. The lowest BCUT2D eigenvalue weighted by Crippen LogP contribution is -2.02. The van der Waals surface area contributed by atoms with Crippen LogP contribution in [0.2, 0.25) is 0 Å². The highest BCUT2D eigenvalue weighted by atomic mass is 16.5. The second-order valence-electron chi connectivity index (χ2n) is 7.30. The third-order valence-corrected chi connectivity index (χ3v) is 5.29. The molecule has 0 saturated carbocycles. The first-order chi connectivity index (χ1) is 14.9. The molecule has 5 rings (SSSR count). The molecule has 0 aromatic heterocycles. The van der Waals surface area contributed by atoms with E-state index in [4.69, 9.17) is 9.47 Å². The van der Waals surface area contributed by atoms with Gasteiger partial charge in [0.2, 0.25) is 0 Å². The van der Waals surface area contributed by atoms with Crippen molar-refractivity contribution in [1.29, 1.82) is 0 Å². The normalized spacial score (nSPS) is 10.9. The maximum atomic E-state index is 6.41. The van der Waals surface area contributed by atoms with Gasteiger partial charge < -0.3 is 9.47 Å². The van der Waals surface area contributed by atoms with Crippen molar-refractivity contribution in [1.82, 2.24) is 0 Å². The molecule has 0 N–H and O–H groups in total. The summed E-state index contributed by atoms with van der Waals surface area (Å²) in [7, 11) is 0. The van der Waals surface area contributed by atoms with Gasteiger partial charge in [-0.3, -0.25) is 0 Å². The van der Waals surface area contributed by atoms with Crippen LogP contribution in [-0.4, -0.2) is 0 Å². The summed E-state index contributed by atoms with van der Waals surface area (Å²) in [6, 6.07) is 37.2.